The molecule has 1 aromatic carbocycles. The van der Waals surface area contributed by atoms with E-state index in [2.05, 4.69) is 10.6 Å². The molecule has 104 valence electrons. The van der Waals surface area contributed by atoms with Gasteiger partial charge >= 0.3 is 12.0 Å². The highest BCUT2D eigenvalue weighted by Crippen LogP contribution is 2.26. The minimum Gasteiger partial charge on any atom is -0.496 e. The van der Waals surface area contributed by atoms with E-state index in [0.29, 0.717) is 5.69 Å². The Balaban J connectivity index is 2.64. The van der Waals surface area contributed by atoms with Crippen molar-refractivity contribution in [3.63, 3.8) is 0 Å². The summed E-state index contributed by atoms with van der Waals surface area (Å²) in [7, 11) is 1.59. The Morgan fingerprint density at radius 3 is 2.53 bits per heavy atom. The number of hydrogen-bond donors (Lipinski definition) is 3. The first-order valence-corrected chi connectivity index (χ1v) is 5.86. The van der Waals surface area contributed by atoms with Gasteiger partial charge in [0.25, 0.3) is 0 Å². The second-order valence-electron chi connectivity index (χ2n) is 4.09. The minimum absolute atomic E-state index is 0.0926. The maximum Gasteiger partial charge on any atom is 0.319 e. The molecule has 0 atom stereocenters. The van der Waals surface area contributed by atoms with Crippen molar-refractivity contribution in [3.05, 3.63) is 23.3 Å². The Kier molecular flexibility index (Phi) is 5.17. The fourth-order valence-corrected chi connectivity index (χ4v) is 1.60. The van der Waals surface area contributed by atoms with E-state index in [1.165, 1.54) is 0 Å². The summed E-state index contributed by atoms with van der Waals surface area (Å²) in [6.07, 6.45) is -0.103. The molecule has 1 aromatic rings. The number of ether oxygens (including phenoxy) is 1. The van der Waals surface area contributed by atoms with Crippen LogP contribution in [0.25, 0.3) is 0 Å². The van der Waals surface area contributed by atoms with Crippen LogP contribution in [0.3, 0.4) is 0 Å². The molecule has 0 aliphatic heterocycles. The molecule has 0 unspecified atom stereocenters. The number of rotatable bonds is 5. The highest BCUT2D eigenvalue weighted by Gasteiger charge is 2.09. The molecule has 0 saturated carbocycles. The lowest BCUT2D eigenvalue weighted by molar-refractivity contribution is -0.136. The molecule has 0 spiro atoms. The Morgan fingerprint density at radius 2 is 1.95 bits per heavy atom. The van der Waals surface area contributed by atoms with Crippen molar-refractivity contribution < 1.29 is 19.4 Å². The topological polar surface area (TPSA) is 87.7 Å². The summed E-state index contributed by atoms with van der Waals surface area (Å²) in [6, 6.07) is 3.10. The van der Waals surface area contributed by atoms with Crippen LogP contribution in [-0.2, 0) is 4.79 Å². The van der Waals surface area contributed by atoms with Gasteiger partial charge in [-0.2, -0.15) is 0 Å². The lowest BCUT2D eigenvalue weighted by atomic mass is 10.1. The average Bonchev–Trinajstić information content (AvgIpc) is 2.35. The van der Waals surface area contributed by atoms with Crippen molar-refractivity contribution in [2.24, 2.45) is 0 Å². The standard InChI is InChI=1S/C13H18N2O4/c1-8-9(2)11(19-3)5-4-10(8)15-13(18)14-7-6-12(16)17/h4-5H,6-7H2,1-3H3,(H,16,17)(H2,14,15,18). The van der Waals surface area contributed by atoms with E-state index in [9.17, 15) is 9.59 Å². The van der Waals surface area contributed by atoms with Crippen molar-refractivity contribution >= 4 is 17.7 Å². The van der Waals surface area contributed by atoms with E-state index in [4.69, 9.17) is 9.84 Å². The van der Waals surface area contributed by atoms with Gasteiger partial charge in [-0.15, -0.1) is 0 Å². The molecule has 0 bridgehead atoms. The number of carbonyl (C=O) groups is 2. The highest BCUT2D eigenvalue weighted by molar-refractivity contribution is 5.90. The third-order valence-electron chi connectivity index (χ3n) is 2.83. The predicted molar refractivity (Wildman–Crippen MR) is 71.7 cm³/mol. The molecule has 0 aliphatic carbocycles. The summed E-state index contributed by atoms with van der Waals surface area (Å²) in [6.45, 7) is 3.88. The molecule has 0 aromatic heterocycles. The van der Waals surface area contributed by atoms with E-state index in [1.807, 2.05) is 13.8 Å². The molecule has 19 heavy (non-hydrogen) atoms. The third kappa shape index (κ3) is 4.17. The zero-order chi connectivity index (χ0) is 14.4. The monoisotopic (exact) mass is 266 g/mol. The van der Waals surface area contributed by atoms with Crippen LogP contribution in [0.1, 0.15) is 17.5 Å². The van der Waals surface area contributed by atoms with Crippen LogP contribution in [0.2, 0.25) is 0 Å². The van der Waals surface area contributed by atoms with Gasteiger partial charge in [-0.3, -0.25) is 4.79 Å². The van der Waals surface area contributed by atoms with Crippen molar-refractivity contribution in [2.75, 3.05) is 19.0 Å². The van der Waals surface area contributed by atoms with Gasteiger partial charge in [0, 0.05) is 12.2 Å². The molecule has 3 N–H and O–H groups in total. The Morgan fingerprint density at radius 1 is 1.26 bits per heavy atom. The molecule has 6 nitrogen and oxygen atoms in total. The fraction of sp³-hybridized carbons (Fsp3) is 0.385. The number of aliphatic carboxylic acids is 1. The first-order valence-electron chi connectivity index (χ1n) is 5.86. The Labute approximate surface area is 111 Å². The summed E-state index contributed by atoms with van der Waals surface area (Å²) < 4.78 is 5.18. The molecule has 0 radical (unpaired) electrons. The van der Waals surface area contributed by atoms with E-state index < -0.39 is 12.0 Å². The van der Waals surface area contributed by atoms with Crippen molar-refractivity contribution in [1.29, 1.82) is 0 Å². The van der Waals surface area contributed by atoms with Crippen LogP contribution in [0, 0.1) is 13.8 Å². The van der Waals surface area contributed by atoms with Crippen LogP contribution in [0.4, 0.5) is 10.5 Å². The second kappa shape index (κ2) is 6.63. The van der Waals surface area contributed by atoms with Gasteiger partial charge in [0.2, 0.25) is 0 Å². The number of urea groups is 1. The van der Waals surface area contributed by atoms with Crippen LogP contribution >= 0.6 is 0 Å². The fourth-order valence-electron chi connectivity index (χ4n) is 1.60. The van der Waals surface area contributed by atoms with Gasteiger partial charge in [0.1, 0.15) is 5.75 Å². The molecule has 0 saturated heterocycles. The molecule has 0 heterocycles. The molecule has 6 heteroatoms. The number of nitrogens with one attached hydrogen (secondary N) is 2. The van der Waals surface area contributed by atoms with Gasteiger partial charge in [0.05, 0.1) is 13.5 Å². The van der Waals surface area contributed by atoms with Gasteiger partial charge < -0.3 is 20.5 Å². The lowest BCUT2D eigenvalue weighted by Gasteiger charge is -2.13. The van der Waals surface area contributed by atoms with E-state index in [1.54, 1.807) is 19.2 Å². The van der Waals surface area contributed by atoms with Crippen LogP contribution in [0.15, 0.2) is 12.1 Å². The van der Waals surface area contributed by atoms with E-state index in [-0.39, 0.29) is 13.0 Å². The van der Waals surface area contributed by atoms with Crippen LogP contribution in [0.5, 0.6) is 5.75 Å². The molecular formula is C13H18N2O4. The summed E-state index contributed by atoms with van der Waals surface area (Å²) >= 11 is 0. The van der Waals surface area contributed by atoms with Gasteiger partial charge in [-0.05, 0) is 37.1 Å². The van der Waals surface area contributed by atoms with Crippen molar-refractivity contribution in [2.45, 2.75) is 20.3 Å². The van der Waals surface area contributed by atoms with Gasteiger partial charge in [-0.25, -0.2) is 4.79 Å². The van der Waals surface area contributed by atoms with Gasteiger partial charge in [-0.1, -0.05) is 0 Å². The molecule has 2 amide bonds. The number of carboxylic acid groups (broad SMARTS) is 1. The number of hydrogen-bond acceptors (Lipinski definition) is 3. The van der Waals surface area contributed by atoms with Crippen LogP contribution < -0.4 is 15.4 Å². The Hall–Kier alpha value is -2.24. The zero-order valence-electron chi connectivity index (χ0n) is 11.2. The average molecular weight is 266 g/mol. The number of methoxy groups -OCH3 is 1. The second-order valence-corrected chi connectivity index (χ2v) is 4.09. The van der Waals surface area contributed by atoms with Gasteiger partial charge in [0.15, 0.2) is 0 Å². The number of carbonyl (C=O) groups excluding carboxylic acids is 1. The molecule has 1 rings (SSSR count). The highest BCUT2D eigenvalue weighted by atomic mass is 16.5. The SMILES string of the molecule is COc1ccc(NC(=O)NCCC(=O)O)c(C)c1C. The zero-order valence-corrected chi connectivity index (χ0v) is 11.2. The summed E-state index contributed by atoms with van der Waals surface area (Å²) in [5.41, 5.74) is 2.53. The first-order chi connectivity index (χ1) is 8.95. The summed E-state index contributed by atoms with van der Waals surface area (Å²) in [5, 5.41) is 13.6. The molecule has 0 fully saturated rings. The Bertz CT molecular complexity index is 486. The summed E-state index contributed by atoms with van der Waals surface area (Å²) in [5.74, 6) is -0.189. The normalized spacial score (nSPS) is 9.84. The number of amides is 2. The van der Waals surface area contributed by atoms with E-state index in [0.717, 1.165) is 16.9 Å². The smallest absolute Gasteiger partial charge is 0.319 e. The van der Waals surface area contributed by atoms with E-state index >= 15 is 0 Å². The van der Waals surface area contributed by atoms with Crippen molar-refractivity contribution in [3.8, 4) is 5.75 Å². The first kappa shape index (κ1) is 14.8. The largest absolute Gasteiger partial charge is 0.496 e. The lowest BCUT2D eigenvalue weighted by Crippen LogP contribution is -2.30. The third-order valence-corrected chi connectivity index (χ3v) is 2.83. The number of anilines is 1. The number of carboxylic acids is 1. The minimum atomic E-state index is -0.947. The molecule has 0 aliphatic rings. The van der Waals surface area contributed by atoms with Crippen LogP contribution in [-0.4, -0.2) is 30.8 Å². The maximum absolute atomic E-state index is 11.6. The predicted octanol–water partition coefficient (Wildman–Crippen LogP) is 1.91. The van der Waals surface area contributed by atoms with Crippen molar-refractivity contribution in [1.82, 2.24) is 5.32 Å². The quantitative estimate of drug-likeness (QED) is 0.759. The number of benzene rings is 1. The summed E-state index contributed by atoms with van der Waals surface area (Å²) in [4.78, 5) is 21.9. The maximum atomic E-state index is 11.6. The molecular weight excluding hydrogens is 248 g/mol.